The van der Waals surface area contributed by atoms with Crippen molar-refractivity contribution >= 4 is 28.5 Å². The summed E-state index contributed by atoms with van der Waals surface area (Å²) in [4.78, 5) is 8.39. The molecule has 21 heavy (non-hydrogen) atoms. The van der Waals surface area contributed by atoms with E-state index >= 15 is 0 Å². The highest BCUT2D eigenvalue weighted by Crippen LogP contribution is 2.32. The molecule has 102 valence electrons. The van der Waals surface area contributed by atoms with Gasteiger partial charge in [-0.15, -0.1) is 11.3 Å². The number of benzene rings is 2. The third-order valence-corrected chi connectivity index (χ3v) is 4.48. The van der Waals surface area contributed by atoms with Crippen molar-refractivity contribution in [3.63, 3.8) is 0 Å². The van der Waals surface area contributed by atoms with E-state index in [1.807, 2.05) is 12.1 Å². The van der Waals surface area contributed by atoms with Crippen molar-refractivity contribution in [1.82, 2.24) is 0 Å². The van der Waals surface area contributed by atoms with Crippen molar-refractivity contribution in [3.8, 4) is 0 Å². The second-order valence-corrected chi connectivity index (χ2v) is 5.91. The molecule has 1 aromatic heterocycles. The summed E-state index contributed by atoms with van der Waals surface area (Å²) in [5.41, 5.74) is 3.52. The Hall–Kier alpha value is -2.39. The van der Waals surface area contributed by atoms with Gasteiger partial charge in [-0.25, -0.2) is 4.99 Å². The molecule has 1 aliphatic heterocycles. The lowest BCUT2D eigenvalue weighted by atomic mass is 10.1. The second kappa shape index (κ2) is 5.19. The summed E-state index contributed by atoms with van der Waals surface area (Å²) in [5.74, 6) is 1.04. The SMILES string of the molecule is c1ccc(N2Cc3ccccc3N=C2c2cccs2)cc1. The predicted molar refractivity (Wildman–Crippen MR) is 89.6 cm³/mol. The maximum atomic E-state index is 4.90. The third kappa shape index (κ3) is 2.26. The highest BCUT2D eigenvalue weighted by atomic mass is 32.1. The number of aliphatic imine (C=N–C) groups is 1. The minimum atomic E-state index is 0.858. The van der Waals surface area contributed by atoms with Crippen LogP contribution in [0.1, 0.15) is 10.4 Å². The average molecular weight is 290 g/mol. The lowest BCUT2D eigenvalue weighted by Crippen LogP contribution is -2.32. The van der Waals surface area contributed by atoms with Gasteiger partial charge >= 0.3 is 0 Å². The topological polar surface area (TPSA) is 15.6 Å². The van der Waals surface area contributed by atoms with Crippen LogP contribution in [0.4, 0.5) is 11.4 Å². The van der Waals surface area contributed by atoms with Crippen LogP contribution < -0.4 is 4.90 Å². The van der Waals surface area contributed by atoms with Crippen molar-refractivity contribution in [1.29, 1.82) is 0 Å². The second-order valence-electron chi connectivity index (χ2n) is 4.96. The van der Waals surface area contributed by atoms with Gasteiger partial charge in [0.25, 0.3) is 0 Å². The molecule has 3 aromatic rings. The predicted octanol–water partition coefficient (Wildman–Crippen LogP) is 4.85. The normalized spacial score (nSPS) is 13.7. The van der Waals surface area contributed by atoms with Gasteiger partial charge < -0.3 is 4.90 Å². The number of thiophene rings is 1. The quantitative estimate of drug-likeness (QED) is 0.659. The summed E-state index contributed by atoms with van der Waals surface area (Å²) >= 11 is 1.73. The lowest BCUT2D eigenvalue weighted by molar-refractivity contribution is 0.980. The maximum Gasteiger partial charge on any atom is 0.151 e. The van der Waals surface area contributed by atoms with E-state index in [9.17, 15) is 0 Å². The van der Waals surface area contributed by atoms with Gasteiger partial charge in [0.05, 0.1) is 17.1 Å². The Morgan fingerprint density at radius 2 is 1.67 bits per heavy atom. The molecule has 2 heterocycles. The monoisotopic (exact) mass is 290 g/mol. The number of amidine groups is 1. The molecule has 0 atom stereocenters. The molecular formula is C18H14N2S. The van der Waals surface area contributed by atoms with Gasteiger partial charge in [0.15, 0.2) is 5.84 Å². The van der Waals surface area contributed by atoms with Crippen LogP contribution in [-0.2, 0) is 6.54 Å². The highest BCUT2D eigenvalue weighted by Gasteiger charge is 2.22. The summed E-state index contributed by atoms with van der Waals surface area (Å²) in [6, 6.07) is 23.0. The number of para-hydroxylation sites is 2. The van der Waals surface area contributed by atoms with Crippen LogP contribution >= 0.6 is 11.3 Å². The molecule has 0 radical (unpaired) electrons. The Morgan fingerprint density at radius 3 is 2.48 bits per heavy atom. The smallest absolute Gasteiger partial charge is 0.151 e. The number of anilines is 1. The van der Waals surface area contributed by atoms with E-state index in [1.54, 1.807) is 11.3 Å². The molecule has 4 rings (SSSR count). The van der Waals surface area contributed by atoms with Crippen molar-refractivity contribution in [2.75, 3.05) is 4.90 Å². The van der Waals surface area contributed by atoms with E-state index in [2.05, 4.69) is 64.9 Å². The first-order valence-corrected chi connectivity index (χ1v) is 7.83. The molecule has 0 bridgehead atoms. The van der Waals surface area contributed by atoms with Crippen LogP contribution in [0.3, 0.4) is 0 Å². The van der Waals surface area contributed by atoms with Crippen LogP contribution in [-0.4, -0.2) is 5.84 Å². The molecule has 0 saturated carbocycles. The van der Waals surface area contributed by atoms with Gasteiger partial charge in [0.1, 0.15) is 0 Å². The largest absolute Gasteiger partial charge is 0.321 e. The lowest BCUT2D eigenvalue weighted by Gasteiger charge is -2.30. The van der Waals surface area contributed by atoms with Gasteiger partial charge in [-0.3, -0.25) is 0 Å². The molecule has 0 N–H and O–H groups in total. The molecule has 0 aliphatic carbocycles. The summed E-state index contributed by atoms with van der Waals surface area (Å²) in [6.07, 6.45) is 0. The summed E-state index contributed by atoms with van der Waals surface area (Å²) in [7, 11) is 0. The van der Waals surface area contributed by atoms with Crippen LogP contribution in [0.2, 0.25) is 0 Å². The van der Waals surface area contributed by atoms with Gasteiger partial charge in [-0.1, -0.05) is 42.5 Å². The van der Waals surface area contributed by atoms with Gasteiger partial charge in [-0.05, 0) is 35.2 Å². The van der Waals surface area contributed by atoms with E-state index in [0.29, 0.717) is 0 Å². The number of hydrogen-bond donors (Lipinski definition) is 0. The fourth-order valence-corrected chi connectivity index (χ4v) is 3.31. The zero-order chi connectivity index (χ0) is 14.1. The summed E-state index contributed by atoms with van der Waals surface area (Å²) < 4.78 is 0. The van der Waals surface area contributed by atoms with E-state index in [0.717, 1.165) is 18.1 Å². The van der Waals surface area contributed by atoms with E-state index in [-0.39, 0.29) is 0 Å². The molecule has 0 spiro atoms. The molecule has 0 unspecified atom stereocenters. The minimum absolute atomic E-state index is 0.858. The highest BCUT2D eigenvalue weighted by molar-refractivity contribution is 7.12. The molecule has 2 nitrogen and oxygen atoms in total. The van der Waals surface area contributed by atoms with Crippen molar-refractivity contribution in [3.05, 3.63) is 82.6 Å². The van der Waals surface area contributed by atoms with E-state index < -0.39 is 0 Å². The minimum Gasteiger partial charge on any atom is -0.321 e. The summed E-state index contributed by atoms with van der Waals surface area (Å²) in [5, 5.41) is 2.10. The zero-order valence-electron chi connectivity index (χ0n) is 11.4. The van der Waals surface area contributed by atoms with Crippen LogP contribution in [0.15, 0.2) is 77.1 Å². The van der Waals surface area contributed by atoms with Crippen molar-refractivity contribution in [2.24, 2.45) is 4.99 Å². The first-order chi connectivity index (χ1) is 10.4. The molecule has 0 fully saturated rings. The molecule has 3 heteroatoms. The number of rotatable bonds is 2. The fourth-order valence-electron chi connectivity index (χ4n) is 2.59. The Balaban J connectivity index is 1.87. The van der Waals surface area contributed by atoms with Gasteiger partial charge in [0, 0.05) is 5.69 Å². The average Bonchev–Trinajstić information content (AvgIpc) is 3.09. The van der Waals surface area contributed by atoms with Crippen LogP contribution in [0.5, 0.6) is 0 Å². The van der Waals surface area contributed by atoms with Crippen molar-refractivity contribution < 1.29 is 0 Å². The zero-order valence-corrected chi connectivity index (χ0v) is 12.3. The Kier molecular flexibility index (Phi) is 3.05. The Morgan fingerprint density at radius 1 is 0.857 bits per heavy atom. The third-order valence-electron chi connectivity index (χ3n) is 3.61. The number of hydrogen-bond acceptors (Lipinski definition) is 3. The van der Waals surface area contributed by atoms with Gasteiger partial charge in [0.2, 0.25) is 0 Å². The van der Waals surface area contributed by atoms with E-state index in [4.69, 9.17) is 4.99 Å². The molecule has 0 amide bonds. The molecule has 0 saturated heterocycles. The fraction of sp³-hybridized carbons (Fsp3) is 0.0556. The standard InChI is InChI=1S/C18H14N2S/c1-2-8-15(9-3-1)20-13-14-7-4-5-10-16(14)19-18(20)17-11-6-12-21-17/h1-12H,13H2. The van der Waals surface area contributed by atoms with Crippen molar-refractivity contribution in [2.45, 2.75) is 6.54 Å². The first kappa shape index (κ1) is 12.4. The molecule has 2 aromatic carbocycles. The Bertz CT molecular complexity index is 776. The Labute approximate surface area is 128 Å². The van der Waals surface area contributed by atoms with Crippen LogP contribution in [0.25, 0.3) is 0 Å². The first-order valence-electron chi connectivity index (χ1n) is 6.95. The number of nitrogens with zero attached hydrogens (tertiary/aromatic N) is 2. The van der Waals surface area contributed by atoms with Gasteiger partial charge in [-0.2, -0.15) is 0 Å². The van der Waals surface area contributed by atoms with Crippen LogP contribution in [0, 0.1) is 0 Å². The van der Waals surface area contributed by atoms with E-state index in [1.165, 1.54) is 16.1 Å². The number of fused-ring (bicyclic) bond motifs is 1. The molecule has 1 aliphatic rings. The maximum absolute atomic E-state index is 4.90. The molecular weight excluding hydrogens is 276 g/mol. The summed E-state index contributed by atoms with van der Waals surface area (Å²) in [6.45, 7) is 0.858.